The minimum absolute atomic E-state index is 0.0689. The van der Waals surface area contributed by atoms with Gasteiger partial charge in [-0.2, -0.15) is 0 Å². The predicted molar refractivity (Wildman–Crippen MR) is 60.0 cm³/mol. The second-order valence-corrected chi connectivity index (χ2v) is 3.88. The molecule has 5 nitrogen and oxygen atoms in total. The number of fused-ring (bicyclic) bond motifs is 1. The fourth-order valence-electron chi connectivity index (χ4n) is 1.94. The third-order valence-electron chi connectivity index (χ3n) is 2.73. The number of anilines is 1. The lowest BCUT2D eigenvalue weighted by atomic mass is 9.99. The number of aromatic nitrogens is 1. The van der Waals surface area contributed by atoms with Gasteiger partial charge >= 0.3 is 0 Å². The van der Waals surface area contributed by atoms with Crippen molar-refractivity contribution in [3.8, 4) is 0 Å². The second-order valence-electron chi connectivity index (χ2n) is 3.88. The molecule has 1 aliphatic heterocycles. The normalized spacial score (nSPS) is 19.8. The molecular weight excluding hydrogens is 206 g/mol. The van der Waals surface area contributed by atoms with Crippen LogP contribution in [0.1, 0.15) is 12.0 Å². The van der Waals surface area contributed by atoms with Gasteiger partial charge < -0.3 is 15.7 Å². The molecule has 2 rings (SSSR count). The Labute approximate surface area is 93.9 Å². The molecule has 1 aromatic heterocycles. The molecule has 16 heavy (non-hydrogen) atoms. The maximum Gasteiger partial charge on any atom is 0.244 e. The first-order valence-electron chi connectivity index (χ1n) is 5.34. The van der Waals surface area contributed by atoms with Crippen LogP contribution in [0.15, 0.2) is 18.5 Å². The highest BCUT2D eigenvalue weighted by atomic mass is 16.3. The molecule has 2 heterocycles. The van der Waals surface area contributed by atoms with Gasteiger partial charge in [-0.05, 0) is 18.1 Å². The van der Waals surface area contributed by atoms with Gasteiger partial charge in [-0.25, -0.2) is 0 Å². The monoisotopic (exact) mass is 221 g/mol. The average molecular weight is 221 g/mol. The molecule has 0 saturated heterocycles. The Bertz CT molecular complexity index is 395. The van der Waals surface area contributed by atoms with Crippen LogP contribution in [0.2, 0.25) is 0 Å². The van der Waals surface area contributed by atoms with Crippen molar-refractivity contribution in [1.29, 1.82) is 0 Å². The summed E-state index contributed by atoms with van der Waals surface area (Å²) in [5.74, 6) is -0.0767. The summed E-state index contributed by atoms with van der Waals surface area (Å²) < 4.78 is 0. The number of carbonyl (C=O) groups is 1. The summed E-state index contributed by atoms with van der Waals surface area (Å²) in [6.45, 7) is 0.569. The Morgan fingerprint density at radius 2 is 2.44 bits per heavy atom. The van der Waals surface area contributed by atoms with E-state index >= 15 is 0 Å². The molecule has 0 aliphatic carbocycles. The number of aliphatic hydroxyl groups is 1. The maximum absolute atomic E-state index is 11.9. The van der Waals surface area contributed by atoms with Crippen LogP contribution in [0.25, 0.3) is 0 Å². The van der Waals surface area contributed by atoms with E-state index in [4.69, 9.17) is 10.8 Å². The number of pyridine rings is 1. The molecule has 1 atom stereocenters. The van der Waals surface area contributed by atoms with Gasteiger partial charge in [-0.3, -0.25) is 9.78 Å². The number of rotatable bonds is 3. The van der Waals surface area contributed by atoms with E-state index in [-0.39, 0.29) is 12.5 Å². The van der Waals surface area contributed by atoms with Gasteiger partial charge in [0, 0.05) is 37.7 Å². The maximum atomic E-state index is 11.9. The Hall–Kier alpha value is -1.46. The van der Waals surface area contributed by atoms with Crippen LogP contribution >= 0.6 is 0 Å². The van der Waals surface area contributed by atoms with Crippen molar-refractivity contribution in [3.63, 3.8) is 0 Å². The summed E-state index contributed by atoms with van der Waals surface area (Å²) in [6, 6.07) is 1.33. The molecule has 0 spiro atoms. The molecule has 1 amide bonds. The summed E-state index contributed by atoms with van der Waals surface area (Å²) >= 11 is 0. The summed E-state index contributed by atoms with van der Waals surface area (Å²) in [5.41, 5.74) is 7.64. The quantitative estimate of drug-likeness (QED) is 0.733. The zero-order chi connectivity index (χ0) is 11.5. The van der Waals surface area contributed by atoms with Crippen molar-refractivity contribution in [3.05, 3.63) is 24.0 Å². The van der Waals surface area contributed by atoms with Gasteiger partial charge in [-0.1, -0.05) is 0 Å². The molecular formula is C11H15N3O2. The fourth-order valence-corrected chi connectivity index (χ4v) is 1.94. The summed E-state index contributed by atoms with van der Waals surface area (Å²) in [7, 11) is 0. The second kappa shape index (κ2) is 4.59. The molecule has 1 aromatic rings. The molecule has 0 aromatic carbocycles. The highest BCUT2D eigenvalue weighted by Crippen LogP contribution is 2.26. The molecule has 1 unspecified atom stereocenters. The van der Waals surface area contributed by atoms with Crippen LogP contribution in [-0.4, -0.2) is 35.2 Å². The van der Waals surface area contributed by atoms with Crippen molar-refractivity contribution in [2.24, 2.45) is 5.73 Å². The van der Waals surface area contributed by atoms with Gasteiger partial charge in [0.15, 0.2) is 0 Å². The van der Waals surface area contributed by atoms with Crippen LogP contribution < -0.4 is 10.6 Å². The van der Waals surface area contributed by atoms with Crippen LogP contribution in [0.4, 0.5) is 5.69 Å². The molecule has 3 N–H and O–H groups in total. The zero-order valence-corrected chi connectivity index (χ0v) is 8.97. The van der Waals surface area contributed by atoms with Crippen molar-refractivity contribution in [2.45, 2.75) is 18.9 Å². The minimum Gasteiger partial charge on any atom is -0.396 e. The summed E-state index contributed by atoms with van der Waals surface area (Å²) in [4.78, 5) is 17.6. The minimum atomic E-state index is -0.490. The number of carbonyl (C=O) groups excluding carboxylic acids is 1. The molecule has 0 bridgehead atoms. The van der Waals surface area contributed by atoms with Gasteiger partial charge in [0.25, 0.3) is 0 Å². The molecule has 1 aliphatic rings. The Kier molecular flexibility index (Phi) is 3.17. The Balaban J connectivity index is 2.30. The Morgan fingerprint density at radius 3 is 3.19 bits per heavy atom. The molecule has 0 saturated carbocycles. The van der Waals surface area contributed by atoms with Crippen LogP contribution in [0, 0.1) is 0 Å². The molecule has 0 fully saturated rings. The smallest absolute Gasteiger partial charge is 0.244 e. The largest absolute Gasteiger partial charge is 0.396 e. The number of nitrogens with two attached hydrogens (primary N) is 1. The van der Waals surface area contributed by atoms with Crippen molar-refractivity contribution < 1.29 is 9.90 Å². The number of nitrogens with zero attached hydrogens (tertiary/aromatic N) is 2. The zero-order valence-electron chi connectivity index (χ0n) is 8.97. The molecule has 5 heteroatoms. The van der Waals surface area contributed by atoms with E-state index in [0.29, 0.717) is 19.4 Å². The summed E-state index contributed by atoms with van der Waals surface area (Å²) in [5, 5.41) is 8.82. The first kappa shape index (κ1) is 11.0. The predicted octanol–water partition coefficient (Wildman–Crippen LogP) is -0.320. The first-order valence-corrected chi connectivity index (χ1v) is 5.34. The van der Waals surface area contributed by atoms with Gasteiger partial charge in [0.2, 0.25) is 5.91 Å². The van der Waals surface area contributed by atoms with E-state index < -0.39 is 6.04 Å². The van der Waals surface area contributed by atoms with Gasteiger partial charge in [0.05, 0.1) is 6.04 Å². The van der Waals surface area contributed by atoms with Crippen molar-refractivity contribution in [1.82, 2.24) is 4.98 Å². The van der Waals surface area contributed by atoms with Crippen molar-refractivity contribution in [2.75, 3.05) is 18.1 Å². The van der Waals surface area contributed by atoms with Crippen LogP contribution in [0.3, 0.4) is 0 Å². The highest BCUT2D eigenvalue weighted by Gasteiger charge is 2.29. The third-order valence-corrected chi connectivity index (χ3v) is 2.73. The number of hydrogen-bond acceptors (Lipinski definition) is 4. The number of amides is 1. The van der Waals surface area contributed by atoms with Crippen LogP contribution in [0.5, 0.6) is 0 Å². The SMILES string of the molecule is NC1Cc2cnccc2N(CCCO)C1=O. The Morgan fingerprint density at radius 1 is 1.62 bits per heavy atom. The van der Waals surface area contributed by atoms with E-state index in [1.54, 1.807) is 17.3 Å². The molecule has 0 radical (unpaired) electrons. The van der Waals surface area contributed by atoms with E-state index in [2.05, 4.69) is 4.98 Å². The van der Waals surface area contributed by atoms with E-state index in [1.165, 1.54) is 0 Å². The standard InChI is InChI=1S/C11H15N3O2/c12-9-6-8-7-13-3-2-10(8)14(11(9)16)4-1-5-15/h2-3,7,9,15H,1,4-6,12H2. The van der Waals surface area contributed by atoms with E-state index in [1.807, 2.05) is 6.07 Å². The average Bonchev–Trinajstić information content (AvgIpc) is 2.30. The lowest BCUT2D eigenvalue weighted by Crippen LogP contribution is -2.49. The van der Waals surface area contributed by atoms with Crippen molar-refractivity contribution >= 4 is 11.6 Å². The van der Waals surface area contributed by atoms with Gasteiger partial charge in [-0.15, -0.1) is 0 Å². The van der Waals surface area contributed by atoms with Gasteiger partial charge in [0.1, 0.15) is 0 Å². The van der Waals surface area contributed by atoms with E-state index in [0.717, 1.165) is 11.3 Å². The topological polar surface area (TPSA) is 79.4 Å². The summed E-state index contributed by atoms with van der Waals surface area (Å²) in [6.07, 6.45) is 4.50. The number of hydrogen-bond donors (Lipinski definition) is 2. The van der Waals surface area contributed by atoms with E-state index in [9.17, 15) is 4.79 Å². The fraction of sp³-hybridized carbons (Fsp3) is 0.455. The number of aliphatic hydroxyl groups excluding tert-OH is 1. The molecule has 86 valence electrons. The lowest BCUT2D eigenvalue weighted by molar-refractivity contribution is -0.120. The lowest BCUT2D eigenvalue weighted by Gasteiger charge is -2.32. The first-order chi connectivity index (χ1) is 7.74. The third kappa shape index (κ3) is 1.91. The highest BCUT2D eigenvalue weighted by molar-refractivity contribution is 5.99. The van der Waals surface area contributed by atoms with Crippen LogP contribution in [-0.2, 0) is 11.2 Å².